The Hall–Kier alpha value is -2.16. The van der Waals surface area contributed by atoms with E-state index in [0.717, 1.165) is 24.8 Å². The van der Waals surface area contributed by atoms with Crippen molar-refractivity contribution >= 4 is 5.97 Å². The lowest BCUT2D eigenvalue weighted by Crippen LogP contribution is -2.28. The summed E-state index contributed by atoms with van der Waals surface area (Å²) in [5.74, 6) is -0.789. The minimum absolute atomic E-state index is 0.127. The molecule has 0 saturated carbocycles. The summed E-state index contributed by atoms with van der Waals surface area (Å²) in [6.07, 6.45) is 6.99. The number of hydrogen-bond acceptors (Lipinski definition) is 2. The summed E-state index contributed by atoms with van der Waals surface area (Å²) in [4.78, 5) is 12.3. The van der Waals surface area contributed by atoms with E-state index in [-0.39, 0.29) is 17.6 Å². The maximum Gasteiger partial charge on any atom is 0.314 e. The molecule has 1 aliphatic rings. The average Bonchev–Trinajstić information content (AvgIpc) is 2.65. The van der Waals surface area contributed by atoms with E-state index >= 15 is 0 Å². The molecule has 0 N–H and O–H groups in total. The maximum atomic E-state index is 14.1. The van der Waals surface area contributed by atoms with Crippen molar-refractivity contribution in [3.63, 3.8) is 0 Å². The lowest BCUT2D eigenvalue weighted by Gasteiger charge is -2.24. The van der Waals surface area contributed by atoms with Gasteiger partial charge in [-0.3, -0.25) is 4.79 Å². The molecule has 2 aromatic carbocycles. The molecule has 26 heavy (non-hydrogen) atoms. The van der Waals surface area contributed by atoms with Crippen molar-refractivity contribution in [1.29, 1.82) is 0 Å². The summed E-state index contributed by atoms with van der Waals surface area (Å²) in [5.41, 5.74) is 3.91. The molecule has 0 fully saturated rings. The van der Waals surface area contributed by atoms with E-state index in [1.54, 1.807) is 13.0 Å². The lowest BCUT2D eigenvalue weighted by atomic mass is 9.90. The van der Waals surface area contributed by atoms with Gasteiger partial charge in [-0.2, -0.15) is 0 Å². The zero-order chi connectivity index (χ0) is 18.5. The van der Waals surface area contributed by atoms with Crippen LogP contribution in [0.1, 0.15) is 54.9 Å². The van der Waals surface area contributed by atoms with Gasteiger partial charge >= 0.3 is 5.97 Å². The van der Waals surface area contributed by atoms with E-state index in [1.807, 2.05) is 6.07 Å². The van der Waals surface area contributed by atoms with Crippen molar-refractivity contribution < 1.29 is 13.9 Å². The Morgan fingerprint density at radius 3 is 2.42 bits per heavy atom. The summed E-state index contributed by atoms with van der Waals surface area (Å²) < 4.78 is 19.4. The first kappa shape index (κ1) is 18.6. The summed E-state index contributed by atoms with van der Waals surface area (Å²) in [5, 5.41) is 0. The summed E-state index contributed by atoms with van der Waals surface area (Å²) in [6, 6.07) is 12.3. The number of rotatable bonds is 7. The molecular formula is C23H27FO2. The van der Waals surface area contributed by atoms with Gasteiger partial charge in [-0.05, 0) is 61.3 Å². The highest BCUT2D eigenvalue weighted by Gasteiger charge is 2.30. The third-order valence-corrected chi connectivity index (χ3v) is 5.25. The quantitative estimate of drug-likeness (QED) is 0.369. The summed E-state index contributed by atoms with van der Waals surface area (Å²) >= 11 is 0. The fourth-order valence-electron chi connectivity index (χ4n) is 3.51. The topological polar surface area (TPSA) is 26.3 Å². The van der Waals surface area contributed by atoms with E-state index in [9.17, 15) is 9.18 Å². The molecule has 0 bridgehead atoms. The molecular weight excluding hydrogens is 327 g/mol. The van der Waals surface area contributed by atoms with E-state index in [4.69, 9.17) is 4.74 Å². The van der Waals surface area contributed by atoms with Gasteiger partial charge in [0.15, 0.2) is 11.6 Å². The number of hydrogen-bond donors (Lipinski definition) is 0. The monoisotopic (exact) mass is 354 g/mol. The second-order valence-corrected chi connectivity index (χ2v) is 7.32. The SMILES string of the molecule is CCCCCc1ccc(CCC2Cc3ccc(C)c(F)c3OC2=O)cc1. The number of aryl methyl sites for hydroxylation is 3. The van der Waals surface area contributed by atoms with Crippen molar-refractivity contribution in [2.45, 2.75) is 58.8 Å². The zero-order valence-corrected chi connectivity index (χ0v) is 15.7. The highest BCUT2D eigenvalue weighted by molar-refractivity contribution is 5.78. The van der Waals surface area contributed by atoms with Crippen molar-refractivity contribution in [2.75, 3.05) is 0 Å². The van der Waals surface area contributed by atoms with Gasteiger partial charge in [-0.25, -0.2) is 4.39 Å². The Balaban J connectivity index is 1.58. The van der Waals surface area contributed by atoms with Crippen LogP contribution in [0.4, 0.5) is 4.39 Å². The number of halogens is 1. The Morgan fingerprint density at radius 2 is 1.73 bits per heavy atom. The molecule has 1 unspecified atom stereocenters. The van der Waals surface area contributed by atoms with Crippen LogP contribution in [0.15, 0.2) is 36.4 Å². The molecule has 3 rings (SSSR count). The Bertz CT molecular complexity index is 765. The Kier molecular flexibility index (Phi) is 6.08. The normalized spacial score (nSPS) is 16.3. The van der Waals surface area contributed by atoms with Crippen LogP contribution in [0, 0.1) is 18.7 Å². The minimum atomic E-state index is -0.409. The third-order valence-electron chi connectivity index (χ3n) is 5.25. The van der Waals surface area contributed by atoms with Crippen LogP contribution in [0.25, 0.3) is 0 Å². The predicted molar refractivity (Wildman–Crippen MR) is 102 cm³/mol. The molecule has 0 amide bonds. The van der Waals surface area contributed by atoms with Crippen LogP contribution >= 0.6 is 0 Å². The molecule has 1 aliphatic heterocycles. The Morgan fingerprint density at radius 1 is 1.04 bits per heavy atom. The van der Waals surface area contributed by atoms with Crippen molar-refractivity contribution in [2.24, 2.45) is 5.92 Å². The van der Waals surface area contributed by atoms with Crippen LogP contribution in [0.3, 0.4) is 0 Å². The summed E-state index contributed by atoms with van der Waals surface area (Å²) in [7, 11) is 0. The molecule has 0 spiro atoms. The van der Waals surface area contributed by atoms with Gasteiger partial charge < -0.3 is 4.74 Å². The molecule has 138 valence electrons. The predicted octanol–water partition coefficient (Wildman–Crippen LogP) is 5.58. The standard InChI is InChI=1S/C23H27FO2/c1-3-4-5-6-17-8-10-18(11-9-17)12-14-20-15-19-13-7-16(2)21(24)22(19)26-23(20)25/h7-11,13,20H,3-6,12,14-15H2,1-2H3. The van der Waals surface area contributed by atoms with E-state index in [2.05, 4.69) is 31.2 Å². The molecule has 0 radical (unpaired) electrons. The smallest absolute Gasteiger partial charge is 0.314 e. The van der Waals surface area contributed by atoms with Crippen LogP contribution in [-0.2, 0) is 24.1 Å². The van der Waals surface area contributed by atoms with Gasteiger partial charge in [0.1, 0.15) is 0 Å². The molecule has 2 nitrogen and oxygen atoms in total. The van der Waals surface area contributed by atoms with E-state index in [1.165, 1.54) is 30.4 Å². The molecule has 1 heterocycles. The number of benzene rings is 2. The van der Waals surface area contributed by atoms with Gasteiger partial charge in [0.2, 0.25) is 0 Å². The second kappa shape index (κ2) is 8.48. The lowest BCUT2D eigenvalue weighted by molar-refractivity contribution is -0.140. The fourth-order valence-corrected chi connectivity index (χ4v) is 3.51. The first-order valence-electron chi connectivity index (χ1n) is 9.66. The molecule has 0 saturated heterocycles. The third kappa shape index (κ3) is 4.32. The molecule has 3 heteroatoms. The largest absolute Gasteiger partial charge is 0.423 e. The van der Waals surface area contributed by atoms with Crippen molar-refractivity contribution in [3.8, 4) is 5.75 Å². The molecule has 0 aromatic heterocycles. The Labute approximate surface area is 155 Å². The molecule has 0 aliphatic carbocycles. The van der Waals surface area contributed by atoms with Gasteiger partial charge in [0.25, 0.3) is 0 Å². The first-order valence-corrected chi connectivity index (χ1v) is 9.66. The van der Waals surface area contributed by atoms with Crippen molar-refractivity contribution in [1.82, 2.24) is 0 Å². The highest BCUT2D eigenvalue weighted by Crippen LogP contribution is 2.33. The summed E-state index contributed by atoms with van der Waals surface area (Å²) in [6.45, 7) is 3.90. The number of esters is 1. The number of ether oxygens (including phenoxy) is 1. The van der Waals surface area contributed by atoms with Gasteiger partial charge in [-0.1, -0.05) is 56.2 Å². The van der Waals surface area contributed by atoms with Crippen LogP contribution < -0.4 is 4.74 Å². The van der Waals surface area contributed by atoms with Gasteiger partial charge in [-0.15, -0.1) is 0 Å². The van der Waals surface area contributed by atoms with Gasteiger partial charge in [0.05, 0.1) is 5.92 Å². The minimum Gasteiger partial charge on any atom is -0.423 e. The zero-order valence-electron chi connectivity index (χ0n) is 15.7. The number of fused-ring (bicyclic) bond motifs is 1. The fraction of sp³-hybridized carbons (Fsp3) is 0.435. The van der Waals surface area contributed by atoms with Gasteiger partial charge in [0, 0.05) is 0 Å². The van der Waals surface area contributed by atoms with Crippen LogP contribution in [-0.4, -0.2) is 5.97 Å². The number of carbonyl (C=O) groups excluding carboxylic acids is 1. The molecule has 1 atom stereocenters. The second-order valence-electron chi connectivity index (χ2n) is 7.32. The maximum absolute atomic E-state index is 14.1. The highest BCUT2D eigenvalue weighted by atomic mass is 19.1. The van der Waals surface area contributed by atoms with Crippen LogP contribution in [0.2, 0.25) is 0 Å². The average molecular weight is 354 g/mol. The number of carbonyl (C=O) groups is 1. The van der Waals surface area contributed by atoms with Crippen molar-refractivity contribution in [3.05, 3.63) is 64.5 Å². The molecule has 2 aromatic rings. The van der Waals surface area contributed by atoms with E-state index < -0.39 is 5.82 Å². The first-order chi connectivity index (χ1) is 12.6. The number of unbranched alkanes of at least 4 members (excludes halogenated alkanes) is 2. The van der Waals surface area contributed by atoms with Crippen LogP contribution in [0.5, 0.6) is 5.75 Å². The van der Waals surface area contributed by atoms with E-state index in [0.29, 0.717) is 12.0 Å².